The van der Waals surface area contributed by atoms with Gasteiger partial charge in [-0.1, -0.05) is 0 Å². The SMILES string of the molecule is NC(=O)CC(NC(=O)CNC(=O)C(Cc1cnc[nH]1)NC(=O)C(N)CCC(=O)O)C(=O)O. The highest BCUT2D eigenvalue weighted by Crippen LogP contribution is 2.02. The average molecular weight is 455 g/mol. The Hall–Kier alpha value is -4.01. The number of imidazole rings is 1. The summed E-state index contributed by atoms with van der Waals surface area (Å²) in [7, 11) is 0. The van der Waals surface area contributed by atoms with Crippen molar-refractivity contribution in [2.75, 3.05) is 6.54 Å². The summed E-state index contributed by atoms with van der Waals surface area (Å²) in [5.41, 5.74) is 11.0. The predicted octanol–water partition coefficient (Wildman–Crippen LogP) is -3.81. The topological polar surface area (TPSA) is 260 Å². The lowest BCUT2D eigenvalue weighted by atomic mass is 10.1. The fraction of sp³-hybridized carbons (Fsp3) is 0.471. The van der Waals surface area contributed by atoms with Crippen molar-refractivity contribution in [3.05, 3.63) is 18.2 Å². The maximum atomic E-state index is 12.5. The van der Waals surface area contributed by atoms with Crippen LogP contribution in [0.3, 0.4) is 0 Å². The van der Waals surface area contributed by atoms with Gasteiger partial charge in [-0.25, -0.2) is 9.78 Å². The fourth-order valence-electron chi connectivity index (χ4n) is 2.45. The minimum atomic E-state index is -1.57. The van der Waals surface area contributed by atoms with Crippen molar-refractivity contribution in [3.8, 4) is 0 Å². The number of carboxylic acid groups (broad SMARTS) is 2. The lowest BCUT2D eigenvalue weighted by Crippen LogP contribution is -2.54. The minimum absolute atomic E-state index is 0.0513. The van der Waals surface area contributed by atoms with Gasteiger partial charge in [0.05, 0.1) is 25.3 Å². The summed E-state index contributed by atoms with van der Waals surface area (Å²) in [5, 5.41) is 24.4. The number of carbonyl (C=O) groups is 6. The quantitative estimate of drug-likeness (QED) is 0.135. The Balaban J connectivity index is 2.73. The van der Waals surface area contributed by atoms with Crippen LogP contribution in [0.25, 0.3) is 0 Å². The largest absolute Gasteiger partial charge is 0.481 e. The van der Waals surface area contributed by atoms with Crippen LogP contribution in [-0.4, -0.2) is 80.4 Å². The predicted molar refractivity (Wildman–Crippen MR) is 105 cm³/mol. The number of aliphatic carboxylic acids is 2. The van der Waals surface area contributed by atoms with E-state index in [0.29, 0.717) is 5.69 Å². The van der Waals surface area contributed by atoms with Crippen molar-refractivity contribution < 1.29 is 39.0 Å². The monoisotopic (exact) mass is 455 g/mol. The van der Waals surface area contributed by atoms with E-state index < -0.39 is 66.7 Å². The Labute approximate surface area is 181 Å². The van der Waals surface area contributed by atoms with Gasteiger partial charge in [0.25, 0.3) is 0 Å². The standard InChI is InChI=1S/C17H25N7O8/c18-9(1-2-14(27)28)15(29)24-10(3-8-5-20-7-22-8)16(30)21-6-13(26)23-11(17(31)32)4-12(19)25/h5,7,9-11H,1-4,6,18H2,(H2,19,25)(H,20,22)(H,21,30)(H,23,26)(H,24,29)(H,27,28)(H,31,32). The van der Waals surface area contributed by atoms with Gasteiger partial charge in [0.15, 0.2) is 0 Å². The number of aromatic nitrogens is 2. The van der Waals surface area contributed by atoms with Crippen LogP contribution in [0.5, 0.6) is 0 Å². The highest BCUT2D eigenvalue weighted by Gasteiger charge is 2.26. The van der Waals surface area contributed by atoms with Gasteiger partial charge in [-0.3, -0.25) is 24.0 Å². The molecule has 32 heavy (non-hydrogen) atoms. The van der Waals surface area contributed by atoms with Gasteiger partial charge in [0.2, 0.25) is 23.6 Å². The van der Waals surface area contributed by atoms with Crippen molar-refractivity contribution in [1.82, 2.24) is 25.9 Å². The summed E-state index contributed by atoms with van der Waals surface area (Å²) in [6, 6.07) is -3.95. The molecule has 0 aromatic carbocycles. The van der Waals surface area contributed by atoms with Crippen molar-refractivity contribution in [3.63, 3.8) is 0 Å². The van der Waals surface area contributed by atoms with Crippen molar-refractivity contribution in [2.24, 2.45) is 11.5 Å². The number of nitrogens with one attached hydrogen (secondary N) is 4. The Kier molecular flexibility index (Phi) is 10.3. The molecule has 0 fully saturated rings. The molecule has 0 aliphatic carbocycles. The lowest BCUT2D eigenvalue weighted by molar-refractivity contribution is -0.143. The third-order valence-corrected chi connectivity index (χ3v) is 4.08. The summed E-state index contributed by atoms with van der Waals surface area (Å²) in [5.74, 6) is -6.04. The molecule has 3 atom stereocenters. The molecule has 4 amide bonds. The van der Waals surface area contributed by atoms with Crippen LogP contribution in [0.2, 0.25) is 0 Å². The number of aromatic amines is 1. The number of hydrogen-bond acceptors (Lipinski definition) is 8. The highest BCUT2D eigenvalue weighted by atomic mass is 16.4. The Morgan fingerprint density at radius 1 is 1.06 bits per heavy atom. The molecule has 0 bridgehead atoms. The molecule has 0 saturated carbocycles. The molecule has 0 spiro atoms. The molecule has 1 heterocycles. The molecule has 1 rings (SSSR count). The van der Waals surface area contributed by atoms with Crippen LogP contribution in [0, 0.1) is 0 Å². The van der Waals surface area contributed by atoms with Gasteiger partial charge >= 0.3 is 11.9 Å². The third-order valence-electron chi connectivity index (χ3n) is 4.08. The summed E-state index contributed by atoms with van der Waals surface area (Å²) in [6.45, 7) is -0.651. The van der Waals surface area contributed by atoms with Crippen molar-refractivity contribution in [1.29, 1.82) is 0 Å². The van der Waals surface area contributed by atoms with E-state index >= 15 is 0 Å². The first kappa shape index (κ1) is 26.0. The first-order chi connectivity index (χ1) is 15.0. The molecule has 15 nitrogen and oxygen atoms in total. The number of rotatable bonds is 14. The molecule has 1 aromatic heterocycles. The summed E-state index contributed by atoms with van der Waals surface area (Å²) >= 11 is 0. The maximum Gasteiger partial charge on any atom is 0.326 e. The smallest absolute Gasteiger partial charge is 0.326 e. The summed E-state index contributed by atoms with van der Waals surface area (Å²) in [6.07, 6.45) is 1.57. The number of H-pyrrole nitrogens is 1. The number of nitrogens with two attached hydrogens (primary N) is 2. The van der Waals surface area contributed by atoms with Crippen LogP contribution in [-0.2, 0) is 35.2 Å². The second kappa shape index (κ2) is 12.6. The van der Waals surface area contributed by atoms with E-state index in [-0.39, 0.29) is 19.3 Å². The highest BCUT2D eigenvalue weighted by molar-refractivity contribution is 5.93. The summed E-state index contributed by atoms with van der Waals surface area (Å²) < 4.78 is 0. The van der Waals surface area contributed by atoms with Crippen LogP contribution < -0.4 is 27.4 Å². The third kappa shape index (κ3) is 9.66. The minimum Gasteiger partial charge on any atom is -0.481 e. The molecular weight excluding hydrogens is 430 g/mol. The molecule has 3 unspecified atom stereocenters. The van der Waals surface area contributed by atoms with E-state index in [1.54, 1.807) is 0 Å². The number of primary amides is 1. The normalized spacial score (nSPS) is 13.3. The molecule has 15 heteroatoms. The second-order valence-electron chi connectivity index (χ2n) is 6.73. The van der Waals surface area contributed by atoms with Gasteiger partial charge < -0.3 is 42.6 Å². The van der Waals surface area contributed by atoms with E-state index in [0.717, 1.165) is 0 Å². The van der Waals surface area contributed by atoms with Gasteiger partial charge in [-0.2, -0.15) is 0 Å². The van der Waals surface area contributed by atoms with Gasteiger partial charge in [0.1, 0.15) is 12.1 Å². The van der Waals surface area contributed by atoms with Crippen molar-refractivity contribution >= 4 is 35.6 Å². The number of hydrogen-bond donors (Lipinski definition) is 8. The number of carbonyl (C=O) groups excluding carboxylic acids is 4. The van der Waals surface area contributed by atoms with Crippen LogP contribution in [0.15, 0.2) is 12.5 Å². The first-order valence-electron chi connectivity index (χ1n) is 9.32. The van der Waals surface area contributed by atoms with Gasteiger partial charge in [-0.15, -0.1) is 0 Å². The molecule has 176 valence electrons. The zero-order valence-corrected chi connectivity index (χ0v) is 16.9. The molecule has 0 aliphatic rings. The number of amides is 4. The van der Waals surface area contributed by atoms with Crippen LogP contribution in [0.4, 0.5) is 0 Å². The van der Waals surface area contributed by atoms with E-state index in [9.17, 15) is 28.8 Å². The Bertz CT molecular complexity index is 842. The molecule has 1 aromatic rings. The van der Waals surface area contributed by atoms with E-state index in [1.807, 2.05) is 5.32 Å². The Morgan fingerprint density at radius 3 is 2.28 bits per heavy atom. The average Bonchev–Trinajstić information content (AvgIpc) is 3.21. The van der Waals surface area contributed by atoms with Gasteiger partial charge in [0, 0.05) is 24.7 Å². The van der Waals surface area contributed by atoms with E-state index in [2.05, 4.69) is 20.6 Å². The fourth-order valence-corrected chi connectivity index (χ4v) is 2.45. The van der Waals surface area contributed by atoms with Crippen LogP contribution in [0.1, 0.15) is 25.0 Å². The van der Waals surface area contributed by atoms with Crippen LogP contribution >= 0.6 is 0 Å². The number of nitrogens with zero attached hydrogens (tertiary/aromatic N) is 1. The molecular formula is C17H25N7O8. The maximum absolute atomic E-state index is 12.5. The Morgan fingerprint density at radius 2 is 1.75 bits per heavy atom. The molecule has 0 saturated heterocycles. The first-order valence-corrected chi connectivity index (χ1v) is 9.32. The molecule has 10 N–H and O–H groups in total. The zero-order chi connectivity index (χ0) is 24.3. The number of carboxylic acids is 2. The zero-order valence-electron chi connectivity index (χ0n) is 16.9. The van der Waals surface area contributed by atoms with E-state index in [1.165, 1.54) is 12.5 Å². The second-order valence-corrected chi connectivity index (χ2v) is 6.73. The van der Waals surface area contributed by atoms with E-state index in [4.69, 9.17) is 21.7 Å². The lowest BCUT2D eigenvalue weighted by Gasteiger charge is -2.20. The molecule has 0 aliphatic heterocycles. The van der Waals surface area contributed by atoms with Crippen molar-refractivity contribution in [2.45, 2.75) is 43.8 Å². The molecule has 0 radical (unpaired) electrons. The summed E-state index contributed by atoms with van der Waals surface area (Å²) in [4.78, 5) is 75.8. The van der Waals surface area contributed by atoms with Gasteiger partial charge in [-0.05, 0) is 6.42 Å².